The van der Waals surface area contributed by atoms with E-state index in [1.807, 2.05) is 35.9 Å². The summed E-state index contributed by atoms with van der Waals surface area (Å²) in [6, 6.07) is 7.40. The van der Waals surface area contributed by atoms with Gasteiger partial charge < -0.3 is 14.5 Å². The largest absolute Gasteiger partial charge is 0.481 e. The Kier molecular flexibility index (Phi) is 3.74. The minimum absolute atomic E-state index is 0.131. The van der Waals surface area contributed by atoms with E-state index in [9.17, 15) is 4.79 Å². The van der Waals surface area contributed by atoms with Crippen LogP contribution >= 0.6 is 0 Å². The number of rotatable bonds is 4. The topological polar surface area (TPSA) is 68.5 Å². The molecule has 0 saturated carbocycles. The summed E-state index contributed by atoms with van der Waals surface area (Å²) in [6.07, 6.45) is 5.57. The van der Waals surface area contributed by atoms with Gasteiger partial charge in [0, 0.05) is 18.5 Å². The van der Waals surface area contributed by atoms with Crippen LogP contribution in [0.15, 0.2) is 42.9 Å². The van der Waals surface area contributed by atoms with Gasteiger partial charge >= 0.3 is 0 Å². The average molecular weight is 296 g/mol. The Balaban J connectivity index is 1.71. The molecule has 0 saturated heterocycles. The van der Waals surface area contributed by atoms with E-state index < -0.39 is 0 Å². The lowest BCUT2D eigenvalue weighted by molar-refractivity contribution is -0.115. The van der Waals surface area contributed by atoms with Crippen LogP contribution in [0, 0.1) is 6.92 Å². The average Bonchev–Trinajstić information content (AvgIpc) is 2.92. The number of aryl methyl sites for hydroxylation is 1. The molecule has 6 heteroatoms. The molecule has 0 aliphatic rings. The standard InChI is InChI=1S/C16H16N4O2/c1-11-4-3-7-20-10-13(19-16(11)20)8-14(21)18-12-5-6-15(22-2)17-9-12/h3-7,9-10H,8H2,1-2H3,(H,18,21). The maximum Gasteiger partial charge on any atom is 0.230 e. The Hall–Kier alpha value is -2.89. The third-order valence-corrected chi connectivity index (χ3v) is 3.30. The predicted molar refractivity (Wildman–Crippen MR) is 83.1 cm³/mol. The molecule has 0 atom stereocenters. The molecule has 6 nitrogen and oxygen atoms in total. The van der Waals surface area contributed by atoms with Gasteiger partial charge in [-0.25, -0.2) is 9.97 Å². The van der Waals surface area contributed by atoms with Gasteiger partial charge in [0.15, 0.2) is 0 Å². The highest BCUT2D eigenvalue weighted by Crippen LogP contribution is 2.13. The molecule has 0 unspecified atom stereocenters. The van der Waals surface area contributed by atoms with Crippen molar-refractivity contribution in [2.45, 2.75) is 13.3 Å². The van der Waals surface area contributed by atoms with E-state index >= 15 is 0 Å². The highest BCUT2D eigenvalue weighted by Gasteiger charge is 2.09. The van der Waals surface area contributed by atoms with Crippen molar-refractivity contribution >= 4 is 17.2 Å². The molecule has 3 aromatic heterocycles. The van der Waals surface area contributed by atoms with Crippen molar-refractivity contribution in [1.82, 2.24) is 14.4 Å². The van der Waals surface area contributed by atoms with E-state index in [0.717, 1.165) is 16.9 Å². The summed E-state index contributed by atoms with van der Waals surface area (Å²) in [7, 11) is 1.55. The van der Waals surface area contributed by atoms with Gasteiger partial charge in [-0.1, -0.05) is 6.07 Å². The summed E-state index contributed by atoms with van der Waals surface area (Å²) >= 11 is 0. The fourth-order valence-corrected chi connectivity index (χ4v) is 2.23. The van der Waals surface area contributed by atoms with Crippen molar-refractivity contribution in [3.63, 3.8) is 0 Å². The smallest absolute Gasteiger partial charge is 0.230 e. The molecule has 22 heavy (non-hydrogen) atoms. The van der Waals surface area contributed by atoms with Crippen molar-refractivity contribution in [2.75, 3.05) is 12.4 Å². The lowest BCUT2D eigenvalue weighted by Gasteiger charge is -2.04. The Morgan fingerprint density at radius 1 is 1.36 bits per heavy atom. The molecule has 1 amide bonds. The highest BCUT2D eigenvalue weighted by atomic mass is 16.5. The third-order valence-electron chi connectivity index (χ3n) is 3.30. The van der Waals surface area contributed by atoms with Gasteiger partial charge in [0.25, 0.3) is 0 Å². The number of anilines is 1. The second-order valence-electron chi connectivity index (χ2n) is 4.97. The van der Waals surface area contributed by atoms with Crippen LogP contribution in [0.3, 0.4) is 0 Å². The second-order valence-corrected chi connectivity index (χ2v) is 4.97. The zero-order valence-electron chi connectivity index (χ0n) is 12.4. The van der Waals surface area contributed by atoms with E-state index in [0.29, 0.717) is 11.6 Å². The fourth-order valence-electron chi connectivity index (χ4n) is 2.23. The van der Waals surface area contributed by atoms with Crippen molar-refractivity contribution in [3.05, 3.63) is 54.1 Å². The zero-order valence-corrected chi connectivity index (χ0v) is 12.4. The van der Waals surface area contributed by atoms with E-state index in [2.05, 4.69) is 15.3 Å². The summed E-state index contributed by atoms with van der Waals surface area (Å²) in [5.74, 6) is 0.377. The number of hydrogen-bond acceptors (Lipinski definition) is 4. The van der Waals surface area contributed by atoms with Crippen LogP contribution in [-0.2, 0) is 11.2 Å². The van der Waals surface area contributed by atoms with Gasteiger partial charge in [0.1, 0.15) is 5.65 Å². The van der Waals surface area contributed by atoms with Crippen molar-refractivity contribution in [3.8, 4) is 5.88 Å². The number of carbonyl (C=O) groups is 1. The molecule has 0 aliphatic heterocycles. The van der Waals surface area contributed by atoms with Crippen LogP contribution < -0.4 is 10.1 Å². The Bertz CT molecular complexity index is 809. The molecule has 1 N–H and O–H groups in total. The molecule has 3 aromatic rings. The molecule has 0 aromatic carbocycles. The van der Waals surface area contributed by atoms with E-state index in [-0.39, 0.29) is 12.3 Å². The third kappa shape index (κ3) is 2.90. The number of aromatic nitrogens is 3. The van der Waals surface area contributed by atoms with E-state index in [4.69, 9.17) is 4.74 Å². The number of methoxy groups -OCH3 is 1. The molecule has 0 radical (unpaired) electrons. The predicted octanol–water partition coefficient (Wildman–Crippen LogP) is 2.23. The number of carbonyl (C=O) groups excluding carboxylic acids is 1. The molecule has 0 spiro atoms. The number of nitrogens with one attached hydrogen (secondary N) is 1. The summed E-state index contributed by atoms with van der Waals surface area (Å²) in [6.45, 7) is 2.00. The number of ether oxygens (including phenoxy) is 1. The van der Waals surface area contributed by atoms with Gasteiger partial charge in [-0.05, 0) is 24.6 Å². The Morgan fingerprint density at radius 3 is 2.91 bits per heavy atom. The molecule has 0 aliphatic carbocycles. The summed E-state index contributed by atoms with van der Waals surface area (Å²) in [5.41, 5.74) is 3.31. The summed E-state index contributed by atoms with van der Waals surface area (Å²) in [4.78, 5) is 20.6. The van der Waals surface area contributed by atoms with Gasteiger partial charge in [0.2, 0.25) is 11.8 Å². The summed E-state index contributed by atoms with van der Waals surface area (Å²) in [5, 5.41) is 2.79. The van der Waals surface area contributed by atoms with Crippen LogP contribution in [0.4, 0.5) is 5.69 Å². The maximum atomic E-state index is 12.1. The molecular weight excluding hydrogens is 280 g/mol. The quantitative estimate of drug-likeness (QED) is 0.801. The van der Waals surface area contributed by atoms with E-state index in [1.165, 1.54) is 0 Å². The number of amides is 1. The molecular formula is C16H16N4O2. The minimum Gasteiger partial charge on any atom is -0.481 e. The van der Waals surface area contributed by atoms with Gasteiger partial charge in [0.05, 0.1) is 31.1 Å². The van der Waals surface area contributed by atoms with Gasteiger partial charge in [-0.3, -0.25) is 4.79 Å². The SMILES string of the molecule is COc1ccc(NC(=O)Cc2cn3cccc(C)c3n2)cn1. The first-order valence-electron chi connectivity index (χ1n) is 6.89. The number of nitrogens with zero attached hydrogens (tertiary/aromatic N) is 3. The number of imidazole rings is 1. The fraction of sp³-hybridized carbons (Fsp3) is 0.188. The molecule has 0 fully saturated rings. The number of fused-ring (bicyclic) bond motifs is 1. The monoisotopic (exact) mass is 296 g/mol. The van der Waals surface area contributed by atoms with Crippen LogP contribution in [0.25, 0.3) is 5.65 Å². The van der Waals surface area contributed by atoms with Crippen molar-refractivity contribution < 1.29 is 9.53 Å². The first-order chi connectivity index (χ1) is 10.7. The normalized spacial score (nSPS) is 10.6. The minimum atomic E-state index is -0.131. The summed E-state index contributed by atoms with van der Waals surface area (Å²) < 4.78 is 6.90. The highest BCUT2D eigenvalue weighted by molar-refractivity contribution is 5.91. The first kappa shape index (κ1) is 14.1. The first-order valence-corrected chi connectivity index (χ1v) is 6.89. The molecule has 3 heterocycles. The molecule has 0 bridgehead atoms. The van der Waals surface area contributed by atoms with Crippen LogP contribution in [0.1, 0.15) is 11.3 Å². The molecule has 3 rings (SSSR count). The van der Waals surface area contributed by atoms with E-state index in [1.54, 1.807) is 25.4 Å². The van der Waals surface area contributed by atoms with Gasteiger partial charge in [-0.15, -0.1) is 0 Å². The lowest BCUT2D eigenvalue weighted by Crippen LogP contribution is -2.14. The van der Waals surface area contributed by atoms with Crippen molar-refractivity contribution in [1.29, 1.82) is 0 Å². The van der Waals surface area contributed by atoms with Crippen LogP contribution in [0.5, 0.6) is 5.88 Å². The number of hydrogen-bond donors (Lipinski definition) is 1. The van der Waals surface area contributed by atoms with Gasteiger partial charge in [-0.2, -0.15) is 0 Å². The Morgan fingerprint density at radius 2 is 2.23 bits per heavy atom. The maximum absolute atomic E-state index is 12.1. The van der Waals surface area contributed by atoms with Crippen molar-refractivity contribution in [2.24, 2.45) is 0 Å². The van der Waals surface area contributed by atoms with Crippen LogP contribution in [-0.4, -0.2) is 27.4 Å². The zero-order chi connectivity index (χ0) is 15.5. The molecule has 112 valence electrons. The Labute approximate surface area is 127 Å². The van der Waals surface area contributed by atoms with Crippen LogP contribution in [0.2, 0.25) is 0 Å². The lowest BCUT2D eigenvalue weighted by atomic mass is 10.3. The number of pyridine rings is 2. The second kappa shape index (κ2) is 5.85.